The fourth-order valence-electron chi connectivity index (χ4n) is 7.77. The minimum atomic E-state index is -1.46. The van der Waals surface area contributed by atoms with Gasteiger partial charge in [-0.05, 0) is 68.7 Å². The van der Waals surface area contributed by atoms with Crippen LogP contribution >= 0.6 is 15.9 Å². The second-order valence-electron chi connectivity index (χ2n) is 11.4. The van der Waals surface area contributed by atoms with Crippen molar-refractivity contribution >= 4 is 56.9 Å². The summed E-state index contributed by atoms with van der Waals surface area (Å²) in [6.07, 6.45) is 0. The Labute approximate surface area is 240 Å². The molecule has 2 saturated heterocycles. The highest BCUT2D eigenvalue weighted by atomic mass is 79.9. The van der Waals surface area contributed by atoms with Crippen molar-refractivity contribution in [2.24, 2.45) is 29.1 Å². The minimum Gasteiger partial charge on any atom is -0.463 e. The third kappa shape index (κ3) is 3.09. The molecule has 9 heteroatoms. The maximum Gasteiger partial charge on any atom is 0.334 e. The first-order valence-electron chi connectivity index (χ1n) is 13.4. The smallest absolute Gasteiger partial charge is 0.334 e. The van der Waals surface area contributed by atoms with E-state index >= 15 is 0 Å². The van der Waals surface area contributed by atoms with Crippen molar-refractivity contribution in [3.05, 3.63) is 70.8 Å². The highest BCUT2D eigenvalue weighted by Gasteiger charge is 2.81. The zero-order valence-corrected chi connectivity index (χ0v) is 24.4. The monoisotopic (exact) mass is 604 g/mol. The van der Waals surface area contributed by atoms with Gasteiger partial charge in [-0.15, -0.1) is 0 Å². The van der Waals surface area contributed by atoms with E-state index in [2.05, 4.69) is 15.9 Å². The van der Waals surface area contributed by atoms with E-state index in [1.54, 1.807) is 57.2 Å². The van der Waals surface area contributed by atoms with Crippen molar-refractivity contribution in [1.82, 2.24) is 0 Å². The number of halogens is 1. The van der Waals surface area contributed by atoms with Gasteiger partial charge in [0.2, 0.25) is 23.6 Å². The Hall–Kier alpha value is -3.59. The Morgan fingerprint density at radius 2 is 1.23 bits per heavy atom. The van der Waals surface area contributed by atoms with Gasteiger partial charge in [-0.3, -0.25) is 19.2 Å². The molecule has 4 amide bonds. The number of hydrogen-bond donors (Lipinski definition) is 0. The van der Waals surface area contributed by atoms with Gasteiger partial charge >= 0.3 is 5.97 Å². The molecule has 0 unspecified atom stereocenters. The lowest BCUT2D eigenvalue weighted by Crippen LogP contribution is -2.67. The predicted molar refractivity (Wildman–Crippen MR) is 150 cm³/mol. The molecule has 2 heterocycles. The van der Waals surface area contributed by atoms with Crippen LogP contribution < -0.4 is 9.80 Å². The van der Waals surface area contributed by atoms with E-state index in [9.17, 15) is 24.0 Å². The summed E-state index contributed by atoms with van der Waals surface area (Å²) in [7, 11) is 0. The molecule has 1 saturated carbocycles. The van der Waals surface area contributed by atoms with E-state index in [4.69, 9.17) is 4.74 Å². The average Bonchev–Trinajstić information content (AvgIpc) is 3.33. The Morgan fingerprint density at radius 1 is 0.800 bits per heavy atom. The van der Waals surface area contributed by atoms with Crippen LogP contribution in [-0.4, -0.2) is 40.5 Å². The average molecular weight is 605 g/mol. The third-order valence-corrected chi connectivity index (χ3v) is 10.9. The lowest BCUT2D eigenvalue weighted by molar-refractivity contribution is -0.152. The lowest BCUT2D eigenvalue weighted by atomic mass is 9.43. The summed E-state index contributed by atoms with van der Waals surface area (Å²) in [4.78, 5) is 73.0. The molecule has 2 bridgehead atoms. The van der Waals surface area contributed by atoms with Crippen molar-refractivity contribution in [1.29, 1.82) is 0 Å². The number of allylic oxidation sites excluding steroid dienone is 1. The predicted octanol–water partition coefficient (Wildman–Crippen LogP) is 4.26. The summed E-state index contributed by atoms with van der Waals surface area (Å²) in [6, 6.07) is 14.1. The number of carbonyl (C=O) groups excluding carboxylic acids is 5. The lowest BCUT2D eigenvalue weighted by Gasteiger charge is -2.59. The van der Waals surface area contributed by atoms with Crippen molar-refractivity contribution in [2.75, 3.05) is 16.4 Å². The van der Waals surface area contributed by atoms with Gasteiger partial charge in [0.05, 0.1) is 46.0 Å². The summed E-state index contributed by atoms with van der Waals surface area (Å²) in [5.41, 5.74) is 1.76. The molecule has 206 valence electrons. The van der Waals surface area contributed by atoms with Crippen LogP contribution in [0.25, 0.3) is 0 Å². The molecule has 2 aromatic rings. The molecule has 3 aliphatic carbocycles. The summed E-state index contributed by atoms with van der Waals surface area (Å²) < 4.78 is 4.01. The zero-order chi connectivity index (χ0) is 28.9. The minimum absolute atomic E-state index is 0.0910. The van der Waals surface area contributed by atoms with E-state index in [-0.39, 0.29) is 12.2 Å². The van der Waals surface area contributed by atoms with Gasteiger partial charge < -0.3 is 4.74 Å². The number of alkyl halides is 1. The molecule has 0 radical (unpaired) electrons. The maximum absolute atomic E-state index is 14.3. The summed E-state index contributed by atoms with van der Waals surface area (Å²) in [5, 5.41) is 0. The zero-order valence-electron chi connectivity index (χ0n) is 22.9. The Bertz CT molecular complexity index is 1490. The van der Waals surface area contributed by atoms with E-state index in [1.165, 1.54) is 0 Å². The number of ether oxygens (including phenoxy) is 1. The molecule has 0 aromatic heterocycles. The fourth-order valence-corrected chi connectivity index (χ4v) is 8.89. The number of carbonyl (C=O) groups is 5. The first-order chi connectivity index (χ1) is 18.9. The van der Waals surface area contributed by atoms with Crippen LogP contribution in [0.3, 0.4) is 0 Å². The van der Waals surface area contributed by atoms with Crippen LogP contribution in [0.4, 0.5) is 11.4 Å². The number of benzene rings is 2. The number of aryl methyl sites for hydroxylation is 2. The largest absolute Gasteiger partial charge is 0.463 e. The first-order valence-corrected chi connectivity index (χ1v) is 14.2. The van der Waals surface area contributed by atoms with Crippen LogP contribution in [0, 0.1) is 42.9 Å². The number of imide groups is 2. The second-order valence-corrected chi connectivity index (χ2v) is 12.7. The molecular formula is C31H29BrN2O6. The molecule has 3 fully saturated rings. The number of anilines is 2. The standard InChI is InChI=1S/C31H29BrN2O6/c1-6-40-29(39)20-17(4)31(32)23-21(25(35)33(27(23)37)18-11-7-9-15(2)13-18)30(20,5)22-24(31)28(38)34(26(22)36)19-12-8-10-16(3)14-19/h7-14,21-24H,6H2,1-5H3/t21-,22-,23+,24+,30?,31?/m1/s1. The number of hydrogen-bond acceptors (Lipinski definition) is 6. The van der Waals surface area contributed by atoms with E-state index in [1.807, 2.05) is 26.0 Å². The molecule has 2 aliphatic heterocycles. The molecule has 4 atom stereocenters. The van der Waals surface area contributed by atoms with E-state index < -0.39 is 63.0 Å². The Morgan fingerprint density at radius 3 is 1.62 bits per heavy atom. The number of rotatable bonds is 4. The van der Waals surface area contributed by atoms with Crippen molar-refractivity contribution in [3.8, 4) is 0 Å². The third-order valence-electron chi connectivity index (χ3n) is 9.30. The van der Waals surface area contributed by atoms with Gasteiger partial charge in [-0.1, -0.05) is 47.1 Å². The second kappa shape index (κ2) is 8.70. The molecule has 0 N–H and O–H groups in total. The molecule has 5 aliphatic rings. The van der Waals surface area contributed by atoms with Crippen LogP contribution in [0.5, 0.6) is 0 Å². The quantitative estimate of drug-likeness (QED) is 0.294. The van der Waals surface area contributed by atoms with Gasteiger partial charge in [0, 0.05) is 11.0 Å². The molecule has 8 nitrogen and oxygen atoms in total. The molecule has 7 rings (SSSR count). The fraction of sp³-hybridized carbons (Fsp3) is 0.387. The number of nitrogens with zero attached hydrogens (tertiary/aromatic N) is 2. The van der Waals surface area contributed by atoms with Gasteiger partial charge in [-0.2, -0.15) is 0 Å². The normalized spacial score (nSPS) is 32.6. The van der Waals surface area contributed by atoms with Gasteiger partial charge in [0.1, 0.15) is 0 Å². The Balaban J connectivity index is 1.60. The number of esters is 1. The van der Waals surface area contributed by atoms with Gasteiger partial charge in [0.25, 0.3) is 0 Å². The maximum atomic E-state index is 14.3. The summed E-state index contributed by atoms with van der Waals surface area (Å²) in [5.74, 6) is -6.66. The molecule has 2 aromatic carbocycles. The SMILES string of the molecule is CCOC(=O)C1=C(C)C2(Br)[C@@H]3C(=O)N(c4cccc(C)c4)C(=O)[C@@H]3C1(C)[C@H]1C(=O)N(c3cccc(C)c3)C(=O)[C@H]12. The Kier molecular flexibility index (Phi) is 5.79. The van der Waals surface area contributed by atoms with Crippen molar-refractivity contribution < 1.29 is 28.7 Å². The van der Waals surface area contributed by atoms with Gasteiger partial charge in [-0.25, -0.2) is 14.6 Å². The highest BCUT2D eigenvalue weighted by Crippen LogP contribution is 2.72. The van der Waals surface area contributed by atoms with Crippen molar-refractivity contribution in [3.63, 3.8) is 0 Å². The summed E-state index contributed by atoms with van der Waals surface area (Å²) in [6.45, 7) is 8.88. The molecule has 0 spiro atoms. The summed E-state index contributed by atoms with van der Waals surface area (Å²) >= 11 is 3.80. The highest BCUT2D eigenvalue weighted by molar-refractivity contribution is 9.10. The molecular weight excluding hydrogens is 576 g/mol. The van der Waals surface area contributed by atoms with Crippen LogP contribution in [0.15, 0.2) is 59.7 Å². The van der Waals surface area contributed by atoms with E-state index in [0.29, 0.717) is 16.9 Å². The topological polar surface area (TPSA) is 101 Å². The van der Waals surface area contributed by atoms with Crippen molar-refractivity contribution in [2.45, 2.75) is 38.9 Å². The first kappa shape index (κ1) is 26.6. The van der Waals surface area contributed by atoms with Crippen LogP contribution in [0.1, 0.15) is 31.9 Å². The van der Waals surface area contributed by atoms with Crippen LogP contribution in [-0.2, 0) is 28.7 Å². The van der Waals surface area contributed by atoms with Crippen LogP contribution in [0.2, 0.25) is 0 Å². The molecule has 40 heavy (non-hydrogen) atoms. The van der Waals surface area contributed by atoms with Gasteiger partial charge in [0.15, 0.2) is 0 Å². The number of amides is 4. The van der Waals surface area contributed by atoms with E-state index in [0.717, 1.165) is 20.9 Å².